The maximum absolute atomic E-state index is 10.9. The zero-order valence-electron chi connectivity index (χ0n) is 7.29. The largest absolute Gasteiger partial charge is 0.391 e. The zero-order chi connectivity index (χ0) is 9.19. The molecule has 0 atom stereocenters. The van der Waals surface area contributed by atoms with Gasteiger partial charge in [-0.3, -0.25) is 0 Å². The standard InChI is InChI=1S/C9H12O3/c1-3-4-5-6-9(2)7(10)12-8(9)11/h5-6H,3-4H2,1-2H3. The molecule has 1 aliphatic heterocycles. The fraction of sp³-hybridized carbons (Fsp3) is 0.556. The van der Waals surface area contributed by atoms with Gasteiger partial charge in [0, 0.05) is 0 Å². The Labute approximate surface area is 71.4 Å². The van der Waals surface area contributed by atoms with E-state index in [0.29, 0.717) is 0 Å². The molecule has 0 saturated carbocycles. The van der Waals surface area contributed by atoms with Crippen molar-refractivity contribution < 1.29 is 14.3 Å². The predicted octanol–water partition coefficient (Wildman–Crippen LogP) is 1.43. The summed E-state index contributed by atoms with van der Waals surface area (Å²) in [5.74, 6) is -0.889. The second-order valence-corrected chi connectivity index (χ2v) is 3.07. The molecule has 0 N–H and O–H groups in total. The number of rotatable bonds is 3. The summed E-state index contributed by atoms with van der Waals surface area (Å²) in [7, 11) is 0. The van der Waals surface area contributed by atoms with Gasteiger partial charge in [-0.2, -0.15) is 0 Å². The average Bonchev–Trinajstić information content (AvgIpc) is 2.05. The highest BCUT2D eigenvalue weighted by Crippen LogP contribution is 2.31. The van der Waals surface area contributed by atoms with Gasteiger partial charge in [0.25, 0.3) is 0 Å². The molecule has 3 nitrogen and oxygen atoms in total. The minimum atomic E-state index is -0.991. The molecular formula is C9H12O3. The van der Waals surface area contributed by atoms with Crippen molar-refractivity contribution in [2.75, 3.05) is 0 Å². The molecule has 0 aromatic carbocycles. The summed E-state index contributed by atoms with van der Waals surface area (Å²) in [4.78, 5) is 21.7. The average molecular weight is 168 g/mol. The molecule has 3 heteroatoms. The third-order valence-corrected chi connectivity index (χ3v) is 1.94. The van der Waals surface area contributed by atoms with Gasteiger partial charge >= 0.3 is 11.9 Å². The van der Waals surface area contributed by atoms with Crippen molar-refractivity contribution in [3.63, 3.8) is 0 Å². The number of carbonyl (C=O) groups excluding carboxylic acids is 2. The molecule has 0 spiro atoms. The second kappa shape index (κ2) is 3.09. The number of ether oxygens (including phenoxy) is 1. The number of hydrogen-bond acceptors (Lipinski definition) is 3. The third kappa shape index (κ3) is 1.26. The molecule has 0 aromatic rings. The normalized spacial score (nSPS) is 20.8. The van der Waals surface area contributed by atoms with Crippen LogP contribution in [0.15, 0.2) is 12.2 Å². The van der Waals surface area contributed by atoms with Gasteiger partial charge in [0.15, 0.2) is 5.41 Å². The van der Waals surface area contributed by atoms with Gasteiger partial charge in [0.2, 0.25) is 0 Å². The van der Waals surface area contributed by atoms with Gasteiger partial charge in [0.05, 0.1) is 0 Å². The van der Waals surface area contributed by atoms with Crippen molar-refractivity contribution in [1.82, 2.24) is 0 Å². The molecular weight excluding hydrogens is 156 g/mol. The minimum Gasteiger partial charge on any atom is -0.391 e. The summed E-state index contributed by atoms with van der Waals surface area (Å²) in [6, 6.07) is 0. The molecule has 1 fully saturated rings. The topological polar surface area (TPSA) is 43.4 Å². The fourth-order valence-electron chi connectivity index (χ4n) is 0.955. The SMILES string of the molecule is CCCC=CC1(C)C(=O)OC1=O. The highest BCUT2D eigenvalue weighted by Gasteiger charge is 2.52. The van der Waals surface area contributed by atoms with Crippen LogP contribution in [0, 0.1) is 5.41 Å². The lowest BCUT2D eigenvalue weighted by molar-refractivity contribution is -0.190. The van der Waals surface area contributed by atoms with Crippen LogP contribution < -0.4 is 0 Å². The maximum Gasteiger partial charge on any atom is 0.334 e. The number of carbonyl (C=O) groups is 2. The van der Waals surface area contributed by atoms with Crippen LogP contribution in [0.1, 0.15) is 26.7 Å². The van der Waals surface area contributed by atoms with Gasteiger partial charge in [-0.15, -0.1) is 0 Å². The van der Waals surface area contributed by atoms with Crippen LogP contribution in [-0.4, -0.2) is 11.9 Å². The summed E-state index contributed by atoms with van der Waals surface area (Å²) in [5, 5.41) is 0. The molecule has 1 heterocycles. The van der Waals surface area contributed by atoms with E-state index in [4.69, 9.17) is 0 Å². The van der Waals surface area contributed by atoms with E-state index in [2.05, 4.69) is 4.74 Å². The van der Waals surface area contributed by atoms with Crippen LogP contribution in [0.25, 0.3) is 0 Å². The van der Waals surface area contributed by atoms with Crippen molar-refractivity contribution in [3.05, 3.63) is 12.2 Å². The van der Waals surface area contributed by atoms with E-state index in [1.165, 1.54) is 0 Å². The first-order valence-electron chi connectivity index (χ1n) is 4.05. The van der Waals surface area contributed by atoms with Crippen LogP contribution in [-0.2, 0) is 14.3 Å². The Morgan fingerprint density at radius 3 is 2.42 bits per heavy atom. The summed E-state index contributed by atoms with van der Waals surface area (Å²) in [6.07, 6.45) is 5.37. The van der Waals surface area contributed by atoms with E-state index in [-0.39, 0.29) is 0 Å². The predicted molar refractivity (Wildman–Crippen MR) is 43.3 cm³/mol. The van der Waals surface area contributed by atoms with Crippen LogP contribution in [0.5, 0.6) is 0 Å². The van der Waals surface area contributed by atoms with E-state index in [1.807, 2.05) is 13.0 Å². The summed E-state index contributed by atoms with van der Waals surface area (Å²) >= 11 is 0. The second-order valence-electron chi connectivity index (χ2n) is 3.07. The molecule has 0 unspecified atom stereocenters. The molecule has 0 amide bonds. The Morgan fingerprint density at radius 2 is 2.00 bits per heavy atom. The first-order chi connectivity index (χ1) is 5.61. The van der Waals surface area contributed by atoms with Gasteiger partial charge < -0.3 is 4.74 Å². The smallest absolute Gasteiger partial charge is 0.334 e. The molecule has 1 rings (SSSR count). The van der Waals surface area contributed by atoms with Gasteiger partial charge in [-0.05, 0) is 13.3 Å². The van der Waals surface area contributed by atoms with Crippen LogP contribution >= 0.6 is 0 Å². The number of allylic oxidation sites excluding steroid dienone is 1. The Hall–Kier alpha value is -1.12. The van der Waals surface area contributed by atoms with Crippen LogP contribution in [0.2, 0.25) is 0 Å². The van der Waals surface area contributed by atoms with Gasteiger partial charge in [0.1, 0.15) is 0 Å². The number of esters is 2. The lowest BCUT2D eigenvalue weighted by Crippen LogP contribution is -2.49. The Kier molecular flexibility index (Phi) is 2.31. The van der Waals surface area contributed by atoms with E-state index in [9.17, 15) is 9.59 Å². The maximum atomic E-state index is 10.9. The van der Waals surface area contributed by atoms with Crippen molar-refractivity contribution in [3.8, 4) is 0 Å². The Morgan fingerprint density at radius 1 is 1.42 bits per heavy atom. The molecule has 0 aliphatic carbocycles. The minimum absolute atomic E-state index is 0.445. The van der Waals surface area contributed by atoms with Crippen LogP contribution in [0.3, 0.4) is 0 Å². The number of unbranched alkanes of at least 4 members (excludes halogenated alkanes) is 1. The van der Waals surface area contributed by atoms with Crippen molar-refractivity contribution in [1.29, 1.82) is 0 Å². The van der Waals surface area contributed by atoms with Crippen LogP contribution in [0.4, 0.5) is 0 Å². The highest BCUT2D eigenvalue weighted by atomic mass is 16.6. The van der Waals surface area contributed by atoms with Crippen molar-refractivity contribution in [2.45, 2.75) is 26.7 Å². The molecule has 0 aromatic heterocycles. The molecule has 66 valence electrons. The van der Waals surface area contributed by atoms with Gasteiger partial charge in [-0.1, -0.05) is 25.5 Å². The lowest BCUT2D eigenvalue weighted by atomic mass is 9.86. The van der Waals surface area contributed by atoms with Gasteiger partial charge in [-0.25, -0.2) is 9.59 Å². The first-order valence-corrected chi connectivity index (χ1v) is 4.05. The highest BCUT2D eigenvalue weighted by molar-refractivity contribution is 6.15. The fourth-order valence-corrected chi connectivity index (χ4v) is 0.955. The number of hydrogen-bond donors (Lipinski definition) is 0. The number of cyclic esters (lactones) is 2. The summed E-state index contributed by atoms with van der Waals surface area (Å²) in [6.45, 7) is 3.61. The van der Waals surface area contributed by atoms with E-state index in [0.717, 1.165) is 12.8 Å². The molecule has 0 bridgehead atoms. The molecule has 1 saturated heterocycles. The quantitative estimate of drug-likeness (QED) is 0.364. The summed E-state index contributed by atoms with van der Waals surface area (Å²) in [5.41, 5.74) is -0.991. The first kappa shape index (κ1) is 8.97. The summed E-state index contributed by atoms with van der Waals surface area (Å²) < 4.78 is 4.26. The zero-order valence-corrected chi connectivity index (χ0v) is 7.29. The Bertz CT molecular complexity index is 226. The van der Waals surface area contributed by atoms with Crippen molar-refractivity contribution >= 4 is 11.9 Å². The van der Waals surface area contributed by atoms with Crippen molar-refractivity contribution in [2.24, 2.45) is 5.41 Å². The van der Waals surface area contributed by atoms with E-state index >= 15 is 0 Å². The van der Waals surface area contributed by atoms with E-state index in [1.54, 1.807) is 13.0 Å². The lowest BCUT2D eigenvalue weighted by Gasteiger charge is -2.29. The van der Waals surface area contributed by atoms with E-state index < -0.39 is 17.4 Å². The third-order valence-electron chi connectivity index (χ3n) is 1.94. The molecule has 1 aliphatic rings. The molecule has 12 heavy (non-hydrogen) atoms. The monoisotopic (exact) mass is 168 g/mol. The Balaban J connectivity index is 2.60. The molecule has 0 radical (unpaired) electrons.